The van der Waals surface area contributed by atoms with Crippen molar-refractivity contribution in [2.24, 2.45) is 7.05 Å². The third-order valence-electron chi connectivity index (χ3n) is 2.90. The van der Waals surface area contributed by atoms with Crippen LogP contribution in [-0.2, 0) is 13.5 Å². The lowest BCUT2D eigenvalue weighted by molar-refractivity contribution is 0.559. The van der Waals surface area contributed by atoms with Crippen molar-refractivity contribution >= 4 is 11.8 Å². The van der Waals surface area contributed by atoms with Crippen LogP contribution in [0.1, 0.15) is 36.9 Å². The van der Waals surface area contributed by atoms with E-state index < -0.39 is 0 Å². The van der Waals surface area contributed by atoms with Crippen LogP contribution in [0.4, 0.5) is 0 Å². The molecule has 0 aliphatic carbocycles. The zero-order valence-corrected chi connectivity index (χ0v) is 10.5. The van der Waals surface area contributed by atoms with Crippen molar-refractivity contribution in [2.75, 3.05) is 5.75 Å². The zero-order valence-electron chi connectivity index (χ0n) is 9.66. The summed E-state index contributed by atoms with van der Waals surface area (Å²) in [5.74, 6) is 1.22. The molecule has 1 N–H and O–H groups in total. The highest BCUT2D eigenvalue weighted by molar-refractivity contribution is 7.99. The molecule has 0 radical (unpaired) electrons. The lowest BCUT2D eigenvalue weighted by Crippen LogP contribution is -2.24. The van der Waals surface area contributed by atoms with Crippen molar-refractivity contribution in [2.45, 2.75) is 38.1 Å². The smallest absolute Gasteiger partial charge is 0.0825 e. The molecular weight excluding hydrogens is 206 g/mol. The standard InChI is InChI=1S/C11H19N3S/c1-4-8-7-15-11(12-8)9-6-14(3)13-10(9)5-2/h6,8,11-12H,4-5,7H2,1-3H3. The Morgan fingerprint density at radius 3 is 3.00 bits per heavy atom. The number of rotatable bonds is 3. The Kier molecular flexibility index (Phi) is 3.36. The number of hydrogen-bond acceptors (Lipinski definition) is 3. The second kappa shape index (κ2) is 4.58. The Bertz CT molecular complexity index is 335. The van der Waals surface area contributed by atoms with E-state index in [1.807, 2.05) is 23.5 Å². The van der Waals surface area contributed by atoms with Crippen LogP contribution < -0.4 is 5.32 Å². The predicted octanol–water partition coefficient (Wildman–Crippen LogP) is 2.10. The molecule has 1 aromatic rings. The van der Waals surface area contributed by atoms with Crippen molar-refractivity contribution in [1.29, 1.82) is 0 Å². The zero-order chi connectivity index (χ0) is 10.8. The molecule has 0 aromatic carbocycles. The van der Waals surface area contributed by atoms with E-state index in [2.05, 4.69) is 30.5 Å². The third kappa shape index (κ3) is 2.21. The number of nitrogens with zero attached hydrogens (tertiary/aromatic N) is 2. The topological polar surface area (TPSA) is 29.9 Å². The molecule has 2 rings (SSSR count). The number of hydrogen-bond donors (Lipinski definition) is 1. The van der Waals surface area contributed by atoms with Crippen molar-refractivity contribution in [3.05, 3.63) is 17.5 Å². The largest absolute Gasteiger partial charge is 0.298 e. The van der Waals surface area contributed by atoms with Gasteiger partial charge in [0.2, 0.25) is 0 Å². The quantitative estimate of drug-likeness (QED) is 0.854. The van der Waals surface area contributed by atoms with Crippen LogP contribution in [0, 0.1) is 0 Å². The van der Waals surface area contributed by atoms with E-state index in [4.69, 9.17) is 0 Å². The van der Waals surface area contributed by atoms with Gasteiger partial charge in [-0.3, -0.25) is 10.00 Å². The molecule has 2 unspecified atom stereocenters. The Morgan fingerprint density at radius 1 is 1.60 bits per heavy atom. The first-order valence-corrected chi connectivity index (χ1v) is 6.69. The molecule has 1 aliphatic heterocycles. The first kappa shape index (κ1) is 11.0. The van der Waals surface area contributed by atoms with E-state index >= 15 is 0 Å². The van der Waals surface area contributed by atoms with Gasteiger partial charge < -0.3 is 0 Å². The van der Waals surface area contributed by atoms with Gasteiger partial charge in [0, 0.05) is 30.6 Å². The van der Waals surface area contributed by atoms with Gasteiger partial charge in [0.05, 0.1) is 11.1 Å². The van der Waals surface area contributed by atoms with E-state index in [0.29, 0.717) is 11.4 Å². The highest BCUT2D eigenvalue weighted by Gasteiger charge is 2.26. The summed E-state index contributed by atoms with van der Waals surface area (Å²) in [6.07, 6.45) is 4.39. The summed E-state index contributed by atoms with van der Waals surface area (Å²) in [5.41, 5.74) is 2.61. The molecule has 4 heteroatoms. The van der Waals surface area contributed by atoms with Gasteiger partial charge in [-0.1, -0.05) is 13.8 Å². The molecule has 1 aromatic heterocycles. The molecule has 1 aliphatic rings. The molecular formula is C11H19N3S. The monoisotopic (exact) mass is 225 g/mol. The number of aromatic nitrogens is 2. The fourth-order valence-corrected chi connectivity index (χ4v) is 3.41. The van der Waals surface area contributed by atoms with Gasteiger partial charge in [-0.15, -0.1) is 11.8 Å². The molecule has 0 spiro atoms. The molecule has 1 fully saturated rings. The van der Waals surface area contributed by atoms with Crippen molar-refractivity contribution in [3.8, 4) is 0 Å². The molecule has 2 heterocycles. The van der Waals surface area contributed by atoms with Gasteiger partial charge >= 0.3 is 0 Å². The molecule has 0 amide bonds. The minimum absolute atomic E-state index is 0.457. The van der Waals surface area contributed by atoms with Gasteiger partial charge in [-0.05, 0) is 12.8 Å². The van der Waals surface area contributed by atoms with Crippen LogP contribution >= 0.6 is 11.8 Å². The SMILES string of the molecule is CCc1nn(C)cc1C1NC(CC)CS1. The highest BCUT2D eigenvalue weighted by Crippen LogP contribution is 2.34. The predicted molar refractivity (Wildman–Crippen MR) is 65.0 cm³/mol. The van der Waals surface area contributed by atoms with Crippen LogP contribution in [-0.4, -0.2) is 21.6 Å². The van der Waals surface area contributed by atoms with Gasteiger partial charge in [-0.25, -0.2) is 0 Å². The average Bonchev–Trinajstić information content (AvgIpc) is 2.82. The summed E-state index contributed by atoms with van der Waals surface area (Å²) in [6, 6.07) is 0.671. The van der Waals surface area contributed by atoms with Gasteiger partial charge in [0.15, 0.2) is 0 Å². The van der Waals surface area contributed by atoms with E-state index in [9.17, 15) is 0 Å². The van der Waals surface area contributed by atoms with E-state index in [1.165, 1.54) is 23.4 Å². The Balaban J connectivity index is 2.15. The summed E-state index contributed by atoms with van der Waals surface area (Å²) in [4.78, 5) is 0. The maximum Gasteiger partial charge on any atom is 0.0825 e. The third-order valence-corrected chi connectivity index (χ3v) is 4.22. The van der Waals surface area contributed by atoms with E-state index in [0.717, 1.165) is 6.42 Å². The minimum Gasteiger partial charge on any atom is -0.298 e. The number of aryl methyl sites for hydroxylation is 2. The number of nitrogens with one attached hydrogen (secondary N) is 1. The molecule has 3 nitrogen and oxygen atoms in total. The number of thioether (sulfide) groups is 1. The average molecular weight is 225 g/mol. The van der Waals surface area contributed by atoms with Crippen molar-refractivity contribution in [1.82, 2.24) is 15.1 Å². The lowest BCUT2D eigenvalue weighted by Gasteiger charge is -2.11. The summed E-state index contributed by atoms with van der Waals surface area (Å²) in [6.45, 7) is 4.41. The maximum atomic E-state index is 4.49. The summed E-state index contributed by atoms with van der Waals surface area (Å²) in [7, 11) is 2.00. The van der Waals surface area contributed by atoms with Crippen LogP contribution in [0.15, 0.2) is 6.20 Å². The van der Waals surface area contributed by atoms with Crippen LogP contribution in [0.3, 0.4) is 0 Å². The first-order chi connectivity index (χ1) is 7.24. The first-order valence-electron chi connectivity index (χ1n) is 5.64. The summed E-state index contributed by atoms with van der Waals surface area (Å²) < 4.78 is 1.93. The van der Waals surface area contributed by atoms with Crippen LogP contribution in [0.25, 0.3) is 0 Å². The maximum absolute atomic E-state index is 4.49. The second-order valence-corrected chi connectivity index (χ2v) is 5.18. The molecule has 0 bridgehead atoms. The normalized spacial score (nSPS) is 26.1. The van der Waals surface area contributed by atoms with E-state index in [-0.39, 0.29) is 0 Å². The summed E-state index contributed by atoms with van der Waals surface area (Å²) >= 11 is 2.01. The minimum atomic E-state index is 0.457. The molecule has 84 valence electrons. The van der Waals surface area contributed by atoms with Crippen LogP contribution in [0.5, 0.6) is 0 Å². The van der Waals surface area contributed by atoms with E-state index in [1.54, 1.807) is 0 Å². The second-order valence-electron chi connectivity index (χ2n) is 4.04. The van der Waals surface area contributed by atoms with Crippen molar-refractivity contribution < 1.29 is 0 Å². The van der Waals surface area contributed by atoms with Gasteiger partial charge in [-0.2, -0.15) is 5.10 Å². The van der Waals surface area contributed by atoms with Gasteiger partial charge in [0.1, 0.15) is 0 Å². The van der Waals surface area contributed by atoms with Crippen molar-refractivity contribution in [3.63, 3.8) is 0 Å². The molecule has 1 saturated heterocycles. The fourth-order valence-electron chi connectivity index (χ4n) is 1.98. The Morgan fingerprint density at radius 2 is 2.40 bits per heavy atom. The Labute approximate surface area is 95.6 Å². The Hall–Kier alpha value is -0.480. The van der Waals surface area contributed by atoms with Crippen LogP contribution in [0.2, 0.25) is 0 Å². The molecule has 2 atom stereocenters. The molecule has 15 heavy (non-hydrogen) atoms. The highest BCUT2D eigenvalue weighted by atomic mass is 32.2. The summed E-state index contributed by atoms with van der Waals surface area (Å²) in [5, 5.41) is 8.60. The van der Waals surface area contributed by atoms with Gasteiger partial charge in [0.25, 0.3) is 0 Å². The fraction of sp³-hybridized carbons (Fsp3) is 0.727. The lowest BCUT2D eigenvalue weighted by atomic mass is 10.2. The molecule has 0 saturated carbocycles.